The number of amides is 1. The van der Waals surface area contributed by atoms with Gasteiger partial charge in [0.1, 0.15) is 5.60 Å². The summed E-state index contributed by atoms with van der Waals surface area (Å²) in [6.45, 7) is 9.79. The van der Waals surface area contributed by atoms with Crippen LogP contribution in [-0.4, -0.2) is 36.6 Å². The first kappa shape index (κ1) is 17.4. The van der Waals surface area contributed by atoms with Crippen LogP contribution in [0.3, 0.4) is 0 Å². The Kier molecular flexibility index (Phi) is 9.08. The first-order valence-electron chi connectivity index (χ1n) is 7.34. The average molecular weight is 257 g/mol. The van der Waals surface area contributed by atoms with E-state index in [9.17, 15) is 4.79 Å². The van der Waals surface area contributed by atoms with Crippen molar-refractivity contribution in [2.24, 2.45) is 0 Å². The minimum atomic E-state index is -0.696. The van der Waals surface area contributed by atoms with E-state index in [0.29, 0.717) is 0 Å². The maximum Gasteiger partial charge on any atom is 0.254 e. The van der Waals surface area contributed by atoms with Crippen molar-refractivity contribution in [1.82, 2.24) is 4.90 Å². The number of carbonyl (C=O) groups excluding carboxylic acids is 1. The van der Waals surface area contributed by atoms with Gasteiger partial charge in [-0.1, -0.05) is 39.5 Å². The molecule has 0 N–H and O–H groups in total. The predicted molar refractivity (Wildman–Crippen MR) is 76.7 cm³/mol. The van der Waals surface area contributed by atoms with Crippen LogP contribution in [0.1, 0.15) is 66.2 Å². The quantitative estimate of drug-likeness (QED) is 0.559. The maximum atomic E-state index is 12.4. The Labute approximate surface area is 113 Å². The van der Waals surface area contributed by atoms with E-state index in [2.05, 4.69) is 13.8 Å². The molecule has 0 saturated carbocycles. The Hall–Kier alpha value is -0.570. The standard InChI is InChI=1S/C15H31NO2/c1-6-8-10-12-16(13-11-9-7-2)14(17)15(3,4)18-5/h6-13H2,1-5H3. The first-order chi connectivity index (χ1) is 8.49. The summed E-state index contributed by atoms with van der Waals surface area (Å²) in [6, 6.07) is 0. The average Bonchev–Trinajstić information content (AvgIpc) is 2.36. The zero-order chi connectivity index (χ0) is 14.0. The lowest BCUT2D eigenvalue weighted by Gasteiger charge is -2.31. The lowest BCUT2D eigenvalue weighted by molar-refractivity contribution is -0.151. The van der Waals surface area contributed by atoms with Gasteiger partial charge in [-0.15, -0.1) is 0 Å². The molecule has 0 rings (SSSR count). The number of rotatable bonds is 10. The van der Waals surface area contributed by atoms with Gasteiger partial charge in [0, 0.05) is 20.2 Å². The summed E-state index contributed by atoms with van der Waals surface area (Å²) in [6.07, 6.45) is 6.92. The minimum Gasteiger partial charge on any atom is -0.369 e. The van der Waals surface area contributed by atoms with E-state index in [1.807, 2.05) is 18.7 Å². The summed E-state index contributed by atoms with van der Waals surface area (Å²) in [5.41, 5.74) is -0.696. The van der Waals surface area contributed by atoms with Crippen molar-refractivity contribution in [2.45, 2.75) is 71.8 Å². The van der Waals surface area contributed by atoms with Gasteiger partial charge in [-0.25, -0.2) is 0 Å². The molecule has 0 aromatic rings. The molecule has 0 aliphatic carbocycles. The number of nitrogens with zero attached hydrogens (tertiary/aromatic N) is 1. The first-order valence-corrected chi connectivity index (χ1v) is 7.34. The van der Waals surface area contributed by atoms with Crippen molar-refractivity contribution < 1.29 is 9.53 Å². The number of carbonyl (C=O) groups is 1. The highest BCUT2D eigenvalue weighted by atomic mass is 16.5. The lowest BCUT2D eigenvalue weighted by atomic mass is 10.1. The van der Waals surface area contributed by atoms with Crippen molar-refractivity contribution in [2.75, 3.05) is 20.2 Å². The fraction of sp³-hybridized carbons (Fsp3) is 0.933. The molecule has 3 heteroatoms. The molecule has 0 bridgehead atoms. The summed E-state index contributed by atoms with van der Waals surface area (Å²) in [5.74, 6) is 0.122. The van der Waals surface area contributed by atoms with Crippen LogP contribution in [-0.2, 0) is 9.53 Å². The molecule has 0 aromatic carbocycles. The van der Waals surface area contributed by atoms with E-state index in [1.165, 1.54) is 25.7 Å². The van der Waals surface area contributed by atoms with Gasteiger partial charge in [-0.2, -0.15) is 0 Å². The molecule has 0 heterocycles. The van der Waals surface area contributed by atoms with Crippen LogP contribution in [0.4, 0.5) is 0 Å². The topological polar surface area (TPSA) is 29.5 Å². The third-order valence-corrected chi connectivity index (χ3v) is 3.38. The number of methoxy groups -OCH3 is 1. The molecular formula is C15H31NO2. The van der Waals surface area contributed by atoms with Crippen LogP contribution in [0.5, 0.6) is 0 Å². The summed E-state index contributed by atoms with van der Waals surface area (Å²) in [5, 5.41) is 0. The highest BCUT2D eigenvalue weighted by Gasteiger charge is 2.31. The molecule has 0 aromatic heterocycles. The second-order valence-corrected chi connectivity index (χ2v) is 5.42. The second-order valence-electron chi connectivity index (χ2n) is 5.42. The van der Waals surface area contributed by atoms with E-state index < -0.39 is 5.60 Å². The van der Waals surface area contributed by atoms with E-state index in [-0.39, 0.29) is 5.91 Å². The highest BCUT2D eigenvalue weighted by Crippen LogP contribution is 2.14. The monoisotopic (exact) mass is 257 g/mol. The van der Waals surface area contributed by atoms with Crippen molar-refractivity contribution in [3.05, 3.63) is 0 Å². The summed E-state index contributed by atoms with van der Waals surface area (Å²) in [4.78, 5) is 14.4. The van der Waals surface area contributed by atoms with Crippen LogP contribution in [0.2, 0.25) is 0 Å². The SMILES string of the molecule is CCCCCN(CCCCC)C(=O)C(C)(C)OC. The Bertz CT molecular complexity index is 217. The fourth-order valence-electron chi connectivity index (χ4n) is 1.89. The summed E-state index contributed by atoms with van der Waals surface area (Å²) >= 11 is 0. The Balaban J connectivity index is 4.38. The van der Waals surface area contributed by atoms with Gasteiger partial charge in [-0.3, -0.25) is 4.79 Å². The zero-order valence-corrected chi connectivity index (χ0v) is 12.9. The third-order valence-electron chi connectivity index (χ3n) is 3.38. The largest absolute Gasteiger partial charge is 0.369 e. The summed E-state index contributed by atoms with van der Waals surface area (Å²) in [7, 11) is 1.61. The van der Waals surface area contributed by atoms with Gasteiger partial charge in [0.2, 0.25) is 0 Å². The summed E-state index contributed by atoms with van der Waals surface area (Å²) < 4.78 is 5.30. The van der Waals surface area contributed by atoms with E-state index in [4.69, 9.17) is 4.74 Å². The van der Waals surface area contributed by atoms with Crippen LogP contribution in [0.25, 0.3) is 0 Å². The van der Waals surface area contributed by atoms with E-state index in [1.54, 1.807) is 7.11 Å². The molecule has 108 valence electrons. The fourth-order valence-corrected chi connectivity index (χ4v) is 1.89. The molecule has 1 amide bonds. The van der Waals surface area contributed by atoms with Crippen LogP contribution in [0, 0.1) is 0 Å². The number of hydrogen-bond acceptors (Lipinski definition) is 2. The number of hydrogen-bond donors (Lipinski definition) is 0. The highest BCUT2D eigenvalue weighted by molar-refractivity contribution is 5.84. The number of ether oxygens (including phenoxy) is 1. The molecule has 0 aliphatic heterocycles. The molecular weight excluding hydrogens is 226 g/mol. The van der Waals surface area contributed by atoms with Gasteiger partial charge < -0.3 is 9.64 Å². The molecule has 3 nitrogen and oxygen atoms in total. The molecule has 0 atom stereocenters. The molecule has 0 spiro atoms. The molecule has 0 radical (unpaired) electrons. The van der Waals surface area contributed by atoms with E-state index in [0.717, 1.165) is 25.9 Å². The number of unbranched alkanes of at least 4 members (excludes halogenated alkanes) is 4. The van der Waals surface area contributed by atoms with E-state index >= 15 is 0 Å². The van der Waals surface area contributed by atoms with Crippen molar-refractivity contribution in [3.8, 4) is 0 Å². The Morgan fingerprint density at radius 3 is 1.78 bits per heavy atom. The van der Waals surface area contributed by atoms with Gasteiger partial charge in [0.15, 0.2) is 0 Å². The van der Waals surface area contributed by atoms with Crippen LogP contribution in [0.15, 0.2) is 0 Å². The van der Waals surface area contributed by atoms with Crippen LogP contribution >= 0.6 is 0 Å². The smallest absolute Gasteiger partial charge is 0.254 e. The Morgan fingerprint density at radius 2 is 1.44 bits per heavy atom. The molecule has 0 saturated heterocycles. The van der Waals surface area contributed by atoms with Crippen molar-refractivity contribution >= 4 is 5.91 Å². The van der Waals surface area contributed by atoms with Gasteiger partial charge in [0.05, 0.1) is 0 Å². The molecule has 0 fully saturated rings. The van der Waals surface area contributed by atoms with Gasteiger partial charge >= 0.3 is 0 Å². The predicted octanol–water partition coefficient (Wildman–Crippen LogP) is 3.62. The normalized spacial score (nSPS) is 11.6. The molecule has 18 heavy (non-hydrogen) atoms. The van der Waals surface area contributed by atoms with Crippen molar-refractivity contribution in [3.63, 3.8) is 0 Å². The molecule has 0 unspecified atom stereocenters. The van der Waals surface area contributed by atoms with Gasteiger partial charge in [0.25, 0.3) is 5.91 Å². The third kappa shape index (κ3) is 6.39. The van der Waals surface area contributed by atoms with Crippen LogP contribution < -0.4 is 0 Å². The maximum absolute atomic E-state index is 12.4. The molecule has 0 aliphatic rings. The Morgan fingerprint density at radius 1 is 1.00 bits per heavy atom. The van der Waals surface area contributed by atoms with Gasteiger partial charge in [-0.05, 0) is 26.7 Å². The zero-order valence-electron chi connectivity index (χ0n) is 12.9. The second kappa shape index (κ2) is 9.37. The minimum absolute atomic E-state index is 0.122. The lowest BCUT2D eigenvalue weighted by Crippen LogP contribution is -2.47. The van der Waals surface area contributed by atoms with Crippen molar-refractivity contribution in [1.29, 1.82) is 0 Å².